The van der Waals surface area contributed by atoms with Gasteiger partial charge in [0.25, 0.3) is 0 Å². The van der Waals surface area contributed by atoms with Crippen molar-refractivity contribution >= 4 is 12.6 Å². The number of rotatable bonds is 2. The zero-order valence-electron chi connectivity index (χ0n) is 8.46. The molecule has 0 spiro atoms. The summed E-state index contributed by atoms with van der Waals surface area (Å²) in [6.07, 6.45) is 0. The molecule has 0 N–H and O–H groups in total. The maximum atomic E-state index is 4.61. The lowest BCUT2D eigenvalue weighted by molar-refractivity contribution is 0.826. The van der Waals surface area contributed by atoms with Crippen LogP contribution in [0.5, 0.6) is 0 Å². The van der Waals surface area contributed by atoms with Crippen LogP contribution in [0.3, 0.4) is 0 Å². The summed E-state index contributed by atoms with van der Waals surface area (Å²) in [5.74, 6) is 0. The third kappa shape index (κ3) is 2.16. The van der Waals surface area contributed by atoms with Crippen molar-refractivity contribution in [3.05, 3.63) is 47.5 Å². The maximum absolute atomic E-state index is 4.61. The predicted octanol–water partition coefficient (Wildman–Crippen LogP) is 3.72. The van der Waals surface area contributed by atoms with E-state index in [1.807, 2.05) is 6.92 Å². The standard InChI is InChI=1S/C12H16S/c1-9(2)12(4,13)11-7-5-10(3)6-8-11/h5-8,13H,1H2,2-4H3. The highest BCUT2D eigenvalue weighted by Crippen LogP contribution is 2.34. The van der Waals surface area contributed by atoms with Gasteiger partial charge in [0.2, 0.25) is 0 Å². The normalized spacial score (nSPS) is 15.1. The molecule has 0 saturated carbocycles. The van der Waals surface area contributed by atoms with Crippen molar-refractivity contribution in [2.24, 2.45) is 0 Å². The summed E-state index contributed by atoms with van der Waals surface area (Å²) in [5.41, 5.74) is 3.54. The van der Waals surface area contributed by atoms with E-state index in [0.717, 1.165) is 5.57 Å². The molecule has 0 aliphatic heterocycles. The van der Waals surface area contributed by atoms with E-state index in [1.165, 1.54) is 11.1 Å². The number of thiol groups is 1. The highest BCUT2D eigenvalue weighted by Gasteiger charge is 2.21. The van der Waals surface area contributed by atoms with Crippen LogP contribution in [-0.2, 0) is 4.75 Å². The molecule has 0 aliphatic rings. The van der Waals surface area contributed by atoms with Crippen molar-refractivity contribution in [3.8, 4) is 0 Å². The van der Waals surface area contributed by atoms with E-state index in [4.69, 9.17) is 0 Å². The number of hydrogen-bond acceptors (Lipinski definition) is 1. The summed E-state index contributed by atoms with van der Waals surface area (Å²) >= 11 is 4.61. The van der Waals surface area contributed by atoms with Gasteiger partial charge >= 0.3 is 0 Å². The Bertz CT molecular complexity index is 306. The summed E-state index contributed by atoms with van der Waals surface area (Å²) in [4.78, 5) is 0. The van der Waals surface area contributed by atoms with Crippen molar-refractivity contribution in [1.29, 1.82) is 0 Å². The van der Waals surface area contributed by atoms with E-state index >= 15 is 0 Å². The maximum Gasteiger partial charge on any atom is 0.0553 e. The molecule has 0 fully saturated rings. The summed E-state index contributed by atoms with van der Waals surface area (Å²) in [6, 6.07) is 8.42. The summed E-state index contributed by atoms with van der Waals surface area (Å²) in [7, 11) is 0. The predicted molar refractivity (Wildman–Crippen MR) is 62.3 cm³/mol. The first-order valence-corrected chi connectivity index (χ1v) is 4.85. The van der Waals surface area contributed by atoms with Crippen molar-refractivity contribution < 1.29 is 0 Å². The van der Waals surface area contributed by atoms with Crippen molar-refractivity contribution in [3.63, 3.8) is 0 Å². The zero-order valence-corrected chi connectivity index (χ0v) is 9.36. The van der Waals surface area contributed by atoms with E-state index in [-0.39, 0.29) is 4.75 Å². The molecule has 0 heterocycles. The molecule has 13 heavy (non-hydrogen) atoms. The van der Waals surface area contributed by atoms with Gasteiger partial charge in [-0.2, -0.15) is 12.6 Å². The SMILES string of the molecule is C=C(C)C(C)(S)c1ccc(C)cc1. The number of aryl methyl sites for hydroxylation is 1. The summed E-state index contributed by atoms with van der Waals surface area (Å²) in [5, 5.41) is 0. The Balaban J connectivity index is 3.08. The number of hydrogen-bond donors (Lipinski definition) is 1. The topological polar surface area (TPSA) is 0 Å². The first-order valence-electron chi connectivity index (χ1n) is 4.40. The van der Waals surface area contributed by atoms with Crippen LogP contribution in [0.1, 0.15) is 25.0 Å². The molecular weight excluding hydrogens is 176 g/mol. The average Bonchev–Trinajstić information content (AvgIpc) is 2.04. The van der Waals surface area contributed by atoms with Gasteiger partial charge in [0.1, 0.15) is 0 Å². The lowest BCUT2D eigenvalue weighted by atomic mass is 9.93. The molecule has 0 nitrogen and oxygen atoms in total. The highest BCUT2D eigenvalue weighted by molar-refractivity contribution is 7.81. The molecule has 0 aliphatic carbocycles. The second kappa shape index (κ2) is 3.59. The van der Waals surface area contributed by atoms with Crippen LogP contribution in [0.15, 0.2) is 36.4 Å². The Morgan fingerprint density at radius 1 is 1.31 bits per heavy atom. The van der Waals surface area contributed by atoms with Crippen LogP contribution in [0.25, 0.3) is 0 Å². The second-order valence-corrected chi connectivity index (χ2v) is 4.61. The molecular formula is C12H16S. The molecule has 70 valence electrons. The van der Waals surface area contributed by atoms with Crippen LogP contribution in [0, 0.1) is 6.92 Å². The highest BCUT2D eigenvalue weighted by atomic mass is 32.1. The van der Waals surface area contributed by atoms with Gasteiger partial charge in [0.05, 0.1) is 4.75 Å². The molecule has 1 heteroatoms. The molecule has 1 aromatic carbocycles. The minimum Gasteiger partial charge on any atom is -0.163 e. The molecule has 0 radical (unpaired) electrons. The first kappa shape index (κ1) is 10.4. The Hall–Kier alpha value is -0.690. The minimum atomic E-state index is -0.215. The lowest BCUT2D eigenvalue weighted by Crippen LogP contribution is -2.14. The van der Waals surface area contributed by atoms with Crippen LogP contribution in [-0.4, -0.2) is 0 Å². The monoisotopic (exact) mass is 192 g/mol. The third-order valence-electron chi connectivity index (χ3n) is 2.44. The Kier molecular flexibility index (Phi) is 2.87. The molecule has 1 rings (SSSR count). The van der Waals surface area contributed by atoms with Crippen LogP contribution in [0.4, 0.5) is 0 Å². The Morgan fingerprint density at radius 3 is 2.15 bits per heavy atom. The molecule has 0 bridgehead atoms. The van der Waals surface area contributed by atoms with Gasteiger partial charge in [-0.1, -0.05) is 42.0 Å². The Morgan fingerprint density at radius 2 is 1.77 bits per heavy atom. The van der Waals surface area contributed by atoms with Crippen LogP contribution in [0.2, 0.25) is 0 Å². The quantitative estimate of drug-likeness (QED) is 0.536. The third-order valence-corrected chi connectivity index (χ3v) is 3.08. The van der Waals surface area contributed by atoms with Crippen LogP contribution >= 0.6 is 12.6 Å². The minimum absolute atomic E-state index is 0.215. The largest absolute Gasteiger partial charge is 0.163 e. The van der Waals surface area contributed by atoms with E-state index in [2.05, 4.69) is 57.3 Å². The fourth-order valence-electron chi connectivity index (χ4n) is 1.12. The van der Waals surface area contributed by atoms with Crippen LogP contribution < -0.4 is 0 Å². The van der Waals surface area contributed by atoms with Gasteiger partial charge in [-0.15, -0.1) is 0 Å². The molecule has 0 saturated heterocycles. The van der Waals surface area contributed by atoms with Crippen molar-refractivity contribution in [1.82, 2.24) is 0 Å². The smallest absolute Gasteiger partial charge is 0.0553 e. The lowest BCUT2D eigenvalue weighted by Gasteiger charge is -2.24. The zero-order chi connectivity index (χ0) is 10.1. The number of benzene rings is 1. The van der Waals surface area contributed by atoms with Gasteiger partial charge in [-0.25, -0.2) is 0 Å². The fraction of sp³-hybridized carbons (Fsp3) is 0.333. The van der Waals surface area contributed by atoms with Gasteiger partial charge in [-0.05, 0) is 26.3 Å². The summed E-state index contributed by atoms with van der Waals surface area (Å²) < 4.78 is -0.215. The van der Waals surface area contributed by atoms with Crippen molar-refractivity contribution in [2.45, 2.75) is 25.5 Å². The summed E-state index contributed by atoms with van der Waals surface area (Å²) in [6.45, 7) is 10.1. The molecule has 1 aromatic rings. The molecule has 1 atom stereocenters. The van der Waals surface area contributed by atoms with Gasteiger partial charge in [0.15, 0.2) is 0 Å². The first-order chi connectivity index (χ1) is 5.94. The van der Waals surface area contributed by atoms with Gasteiger partial charge < -0.3 is 0 Å². The molecule has 0 aromatic heterocycles. The van der Waals surface area contributed by atoms with E-state index in [9.17, 15) is 0 Å². The van der Waals surface area contributed by atoms with E-state index in [1.54, 1.807) is 0 Å². The van der Waals surface area contributed by atoms with Gasteiger partial charge in [0, 0.05) is 0 Å². The molecule has 0 amide bonds. The average molecular weight is 192 g/mol. The van der Waals surface area contributed by atoms with E-state index in [0.29, 0.717) is 0 Å². The van der Waals surface area contributed by atoms with Crippen molar-refractivity contribution in [2.75, 3.05) is 0 Å². The van der Waals surface area contributed by atoms with Gasteiger partial charge in [-0.3, -0.25) is 0 Å². The Labute approximate surface area is 86.1 Å². The van der Waals surface area contributed by atoms with E-state index < -0.39 is 0 Å². The molecule has 1 unspecified atom stereocenters. The fourth-order valence-corrected chi connectivity index (χ4v) is 1.27. The second-order valence-electron chi connectivity index (χ2n) is 3.72.